The van der Waals surface area contributed by atoms with Gasteiger partial charge in [0.2, 0.25) is 0 Å². The highest BCUT2D eigenvalue weighted by Crippen LogP contribution is 2.23. The first-order valence-corrected chi connectivity index (χ1v) is 6.60. The zero-order valence-corrected chi connectivity index (χ0v) is 11.7. The van der Waals surface area contributed by atoms with Crippen LogP contribution in [0.25, 0.3) is 0 Å². The van der Waals surface area contributed by atoms with Gasteiger partial charge in [-0.1, -0.05) is 12.2 Å². The Balaban J connectivity index is 2.12. The zero-order chi connectivity index (χ0) is 13.1. The van der Waals surface area contributed by atoms with Crippen molar-refractivity contribution in [1.82, 2.24) is 10.3 Å². The second-order valence-corrected chi connectivity index (χ2v) is 5.42. The summed E-state index contributed by atoms with van der Waals surface area (Å²) in [4.78, 5) is 6.66. The second kappa shape index (κ2) is 5.53. The van der Waals surface area contributed by atoms with Crippen LogP contribution in [-0.4, -0.2) is 24.6 Å². The third-order valence-electron chi connectivity index (χ3n) is 3.18. The molecule has 0 aromatic carbocycles. The summed E-state index contributed by atoms with van der Waals surface area (Å²) in [5.74, 6) is 0. The standard InChI is InChI=1S/C15H23N3/c1-11(2)10-18(4)15-7-12(3)16-8-13(15)9-17-14-5-6-14/h7-8,14,17H,1,5-6,9-10H2,2-4H3. The second-order valence-electron chi connectivity index (χ2n) is 5.42. The van der Waals surface area contributed by atoms with Crippen molar-refractivity contribution in [2.45, 2.75) is 39.3 Å². The number of aromatic nitrogens is 1. The lowest BCUT2D eigenvalue weighted by Crippen LogP contribution is -2.23. The molecule has 1 aromatic heterocycles. The molecule has 0 unspecified atom stereocenters. The van der Waals surface area contributed by atoms with E-state index in [1.165, 1.54) is 29.7 Å². The molecule has 0 spiro atoms. The summed E-state index contributed by atoms with van der Waals surface area (Å²) < 4.78 is 0. The minimum atomic E-state index is 0.727. The molecule has 1 saturated carbocycles. The van der Waals surface area contributed by atoms with Gasteiger partial charge in [-0.3, -0.25) is 4.98 Å². The van der Waals surface area contributed by atoms with Crippen LogP contribution in [0.3, 0.4) is 0 Å². The number of pyridine rings is 1. The normalized spacial score (nSPS) is 14.6. The predicted molar refractivity (Wildman–Crippen MR) is 76.9 cm³/mol. The van der Waals surface area contributed by atoms with Crippen LogP contribution in [0.2, 0.25) is 0 Å². The van der Waals surface area contributed by atoms with E-state index < -0.39 is 0 Å². The fraction of sp³-hybridized carbons (Fsp3) is 0.533. The van der Waals surface area contributed by atoms with Crippen molar-refractivity contribution in [1.29, 1.82) is 0 Å². The van der Waals surface area contributed by atoms with Gasteiger partial charge < -0.3 is 10.2 Å². The van der Waals surface area contributed by atoms with E-state index in [9.17, 15) is 0 Å². The predicted octanol–water partition coefficient (Wildman–Crippen LogP) is 2.65. The van der Waals surface area contributed by atoms with E-state index >= 15 is 0 Å². The van der Waals surface area contributed by atoms with Crippen LogP contribution in [0.4, 0.5) is 5.69 Å². The maximum atomic E-state index is 4.41. The number of rotatable bonds is 6. The highest BCUT2D eigenvalue weighted by molar-refractivity contribution is 5.53. The summed E-state index contributed by atoms with van der Waals surface area (Å²) in [7, 11) is 2.12. The van der Waals surface area contributed by atoms with Gasteiger partial charge in [0, 0.05) is 49.3 Å². The monoisotopic (exact) mass is 245 g/mol. The van der Waals surface area contributed by atoms with Crippen molar-refractivity contribution in [3.05, 3.63) is 35.7 Å². The molecule has 1 aromatic rings. The smallest absolute Gasteiger partial charge is 0.0445 e. The first-order chi connectivity index (χ1) is 8.56. The molecule has 2 rings (SSSR count). The highest BCUT2D eigenvalue weighted by Gasteiger charge is 2.21. The van der Waals surface area contributed by atoms with Crippen LogP contribution in [0.5, 0.6) is 0 Å². The third kappa shape index (κ3) is 3.57. The Morgan fingerprint density at radius 1 is 1.56 bits per heavy atom. The van der Waals surface area contributed by atoms with Gasteiger partial charge in [-0.2, -0.15) is 0 Å². The van der Waals surface area contributed by atoms with Gasteiger partial charge in [0.15, 0.2) is 0 Å². The lowest BCUT2D eigenvalue weighted by Gasteiger charge is -2.23. The Kier molecular flexibility index (Phi) is 4.02. The molecule has 0 atom stereocenters. The quantitative estimate of drug-likeness (QED) is 0.781. The van der Waals surface area contributed by atoms with Gasteiger partial charge in [0.25, 0.3) is 0 Å². The van der Waals surface area contributed by atoms with E-state index in [0.29, 0.717) is 0 Å². The molecule has 0 radical (unpaired) electrons. The van der Waals surface area contributed by atoms with E-state index in [1.54, 1.807) is 0 Å². The van der Waals surface area contributed by atoms with Crippen molar-refractivity contribution < 1.29 is 0 Å². The van der Waals surface area contributed by atoms with Crippen LogP contribution < -0.4 is 10.2 Å². The number of nitrogens with one attached hydrogen (secondary N) is 1. The Bertz CT molecular complexity index is 435. The minimum absolute atomic E-state index is 0.727. The first kappa shape index (κ1) is 13.1. The molecule has 98 valence electrons. The van der Waals surface area contributed by atoms with E-state index in [2.05, 4.69) is 41.8 Å². The lowest BCUT2D eigenvalue weighted by atomic mass is 10.1. The molecule has 1 N–H and O–H groups in total. The average molecular weight is 245 g/mol. The number of nitrogens with zero attached hydrogens (tertiary/aromatic N) is 2. The van der Waals surface area contributed by atoms with Crippen LogP contribution >= 0.6 is 0 Å². The maximum absolute atomic E-state index is 4.41. The third-order valence-corrected chi connectivity index (χ3v) is 3.18. The Hall–Kier alpha value is -1.35. The Morgan fingerprint density at radius 2 is 2.28 bits per heavy atom. The van der Waals surface area contributed by atoms with Crippen molar-refractivity contribution in [3.8, 4) is 0 Å². The maximum Gasteiger partial charge on any atom is 0.0445 e. The SMILES string of the molecule is C=C(C)CN(C)c1cc(C)ncc1CNC1CC1. The number of aryl methyl sites for hydroxylation is 1. The van der Waals surface area contributed by atoms with Crippen LogP contribution in [0.1, 0.15) is 31.0 Å². The first-order valence-electron chi connectivity index (χ1n) is 6.60. The molecule has 3 heteroatoms. The number of hydrogen-bond acceptors (Lipinski definition) is 3. The van der Waals surface area contributed by atoms with Crippen LogP contribution in [0.15, 0.2) is 24.4 Å². The molecule has 1 aliphatic carbocycles. The fourth-order valence-electron chi connectivity index (χ4n) is 2.10. The van der Waals surface area contributed by atoms with Gasteiger partial charge in [-0.15, -0.1) is 0 Å². The number of likely N-dealkylation sites (N-methyl/N-ethyl adjacent to an activating group) is 1. The summed E-state index contributed by atoms with van der Waals surface area (Å²) >= 11 is 0. The molecule has 0 saturated heterocycles. The highest BCUT2D eigenvalue weighted by atomic mass is 15.1. The van der Waals surface area contributed by atoms with Crippen molar-refractivity contribution >= 4 is 5.69 Å². The van der Waals surface area contributed by atoms with E-state index in [1.807, 2.05) is 13.1 Å². The summed E-state index contributed by atoms with van der Waals surface area (Å²) in [5.41, 5.74) is 4.77. The number of anilines is 1. The Labute approximate surface area is 110 Å². The van der Waals surface area contributed by atoms with Crippen LogP contribution in [-0.2, 0) is 6.54 Å². The van der Waals surface area contributed by atoms with Gasteiger partial charge in [0.1, 0.15) is 0 Å². The van der Waals surface area contributed by atoms with Crippen molar-refractivity contribution in [3.63, 3.8) is 0 Å². The molecule has 1 aliphatic rings. The Morgan fingerprint density at radius 3 is 2.89 bits per heavy atom. The molecule has 18 heavy (non-hydrogen) atoms. The van der Waals surface area contributed by atoms with Crippen LogP contribution in [0, 0.1) is 6.92 Å². The average Bonchev–Trinajstić information content (AvgIpc) is 3.10. The van der Waals surface area contributed by atoms with Crippen molar-refractivity contribution in [2.75, 3.05) is 18.5 Å². The molecule has 1 fully saturated rings. The molecular formula is C15H23N3. The fourth-order valence-corrected chi connectivity index (χ4v) is 2.10. The topological polar surface area (TPSA) is 28.2 Å². The largest absolute Gasteiger partial charge is 0.370 e. The minimum Gasteiger partial charge on any atom is -0.370 e. The van der Waals surface area contributed by atoms with Gasteiger partial charge in [-0.05, 0) is 32.8 Å². The van der Waals surface area contributed by atoms with Gasteiger partial charge in [-0.25, -0.2) is 0 Å². The summed E-state index contributed by atoms with van der Waals surface area (Å²) in [6.07, 6.45) is 4.63. The van der Waals surface area contributed by atoms with E-state index in [4.69, 9.17) is 0 Å². The summed E-state index contributed by atoms with van der Waals surface area (Å²) in [6, 6.07) is 2.89. The lowest BCUT2D eigenvalue weighted by molar-refractivity contribution is 0.684. The summed E-state index contributed by atoms with van der Waals surface area (Å²) in [5, 5.41) is 3.55. The van der Waals surface area contributed by atoms with E-state index in [-0.39, 0.29) is 0 Å². The molecule has 1 heterocycles. The van der Waals surface area contributed by atoms with Gasteiger partial charge in [0.05, 0.1) is 0 Å². The van der Waals surface area contributed by atoms with Gasteiger partial charge >= 0.3 is 0 Å². The zero-order valence-electron chi connectivity index (χ0n) is 11.7. The number of hydrogen-bond donors (Lipinski definition) is 1. The van der Waals surface area contributed by atoms with E-state index in [0.717, 1.165) is 24.8 Å². The molecule has 0 aliphatic heterocycles. The molecular weight excluding hydrogens is 222 g/mol. The molecule has 0 bridgehead atoms. The molecule has 3 nitrogen and oxygen atoms in total. The van der Waals surface area contributed by atoms with Crippen molar-refractivity contribution in [2.24, 2.45) is 0 Å². The summed E-state index contributed by atoms with van der Waals surface area (Å²) in [6.45, 7) is 9.88. The molecule has 0 amide bonds.